The number of rotatable bonds is 6. The second kappa shape index (κ2) is 8.78. The normalized spacial score (nSPS) is 19.8. The molecule has 134 valence electrons. The summed E-state index contributed by atoms with van der Waals surface area (Å²) in [5.41, 5.74) is 0. The fraction of sp³-hybridized carbons (Fsp3) is 0.765. The SMILES string of the molecule is Cc1ncc(CNC(=O)N2CCC(OCCN3CCCC3)CC2)s1. The first-order valence-electron chi connectivity index (χ1n) is 8.99. The van der Waals surface area contributed by atoms with Gasteiger partial charge in [0.15, 0.2) is 0 Å². The van der Waals surface area contributed by atoms with Crippen molar-refractivity contribution < 1.29 is 9.53 Å². The summed E-state index contributed by atoms with van der Waals surface area (Å²) < 4.78 is 6.00. The van der Waals surface area contributed by atoms with Crippen LogP contribution >= 0.6 is 11.3 Å². The molecule has 2 aliphatic rings. The highest BCUT2D eigenvalue weighted by Crippen LogP contribution is 2.15. The maximum absolute atomic E-state index is 12.2. The molecule has 0 spiro atoms. The molecule has 2 aliphatic heterocycles. The maximum atomic E-state index is 12.2. The fourth-order valence-corrected chi connectivity index (χ4v) is 4.08. The van der Waals surface area contributed by atoms with Crippen LogP contribution in [0.15, 0.2) is 6.20 Å². The summed E-state index contributed by atoms with van der Waals surface area (Å²) in [5, 5.41) is 4.02. The minimum Gasteiger partial charge on any atom is -0.377 e. The molecule has 6 nitrogen and oxygen atoms in total. The number of likely N-dealkylation sites (tertiary alicyclic amines) is 2. The summed E-state index contributed by atoms with van der Waals surface area (Å²) in [6, 6.07) is 0.0246. The van der Waals surface area contributed by atoms with Crippen LogP contribution in [0.1, 0.15) is 35.6 Å². The van der Waals surface area contributed by atoms with Crippen molar-refractivity contribution in [3.8, 4) is 0 Å². The molecule has 0 saturated carbocycles. The summed E-state index contributed by atoms with van der Waals surface area (Å²) >= 11 is 1.63. The van der Waals surface area contributed by atoms with Gasteiger partial charge in [0.25, 0.3) is 0 Å². The third kappa shape index (κ3) is 5.16. The average molecular weight is 353 g/mol. The Balaban J connectivity index is 1.30. The van der Waals surface area contributed by atoms with E-state index >= 15 is 0 Å². The zero-order chi connectivity index (χ0) is 16.8. The molecule has 0 bridgehead atoms. The summed E-state index contributed by atoms with van der Waals surface area (Å²) in [6.45, 7) is 8.42. The molecule has 0 radical (unpaired) electrons. The number of piperidine rings is 1. The highest BCUT2D eigenvalue weighted by Gasteiger charge is 2.23. The second-order valence-electron chi connectivity index (χ2n) is 6.61. The van der Waals surface area contributed by atoms with Gasteiger partial charge >= 0.3 is 6.03 Å². The lowest BCUT2D eigenvalue weighted by atomic mass is 10.1. The van der Waals surface area contributed by atoms with Crippen molar-refractivity contribution in [3.05, 3.63) is 16.1 Å². The van der Waals surface area contributed by atoms with Gasteiger partial charge in [0.1, 0.15) is 0 Å². The topological polar surface area (TPSA) is 57.7 Å². The number of hydrogen-bond acceptors (Lipinski definition) is 5. The third-order valence-corrected chi connectivity index (χ3v) is 5.68. The second-order valence-corrected chi connectivity index (χ2v) is 7.93. The Hall–Kier alpha value is -1.18. The van der Waals surface area contributed by atoms with E-state index in [0.717, 1.165) is 49.0 Å². The highest BCUT2D eigenvalue weighted by molar-refractivity contribution is 7.11. The standard InChI is InChI=1S/C17H28N4O2S/c1-14-18-12-16(24-14)13-19-17(22)21-8-4-15(5-9-21)23-11-10-20-6-2-3-7-20/h12,15H,2-11,13H2,1H3,(H,19,22). The van der Waals surface area contributed by atoms with Crippen molar-refractivity contribution >= 4 is 17.4 Å². The van der Waals surface area contributed by atoms with Crippen LogP contribution in [0.3, 0.4) is 0 Å². The Bertz CT molecular complexity index is 522. The number of nitrogens with one attached hydrogen (secondary N) is 1. The van der Waals surface area contributed by atoms with Crippen molar-refractivity contribution in [2.24, 2.45) is 0 Å². The van der Waals surface area contributed by atoms with Gasteiger partial charge in [0.05, 0.1) is 24.3 Å². The quantitative estimate of drug-likeness (QED) is 0.853. The molecule has 0 aromatic carbocycles. The predicted octanol–water partition coefficient (Wildman–Crippen LogP) is 2.24. The van der Waals surface area contributed by atoms with Crippen LogP contribution in [-0.2, 0) is 11.3 Å². The number of carbonyl (C=O) groups is 1. The van der Waals surface area contributed by atoms with Crippen LogP contribution < -0.4 is 5.32 Å². The zero-order valence-corrected chi connectivity index (χ0v) is 15.3. The minimum absolute atomic E-state index is 0.0246. The number of urea groups is 1. The number of thiazole rings is 1. The van der Waals surface area contributed by atoms with Crippen LogP contribution in [-0.4, -0.2) is 66.2 Å². The molecule has 3 heterocycles. The molecule has 0 atom stereocenters. The van der Waals surface area contributed by atoms with Gasteiger partial charge in [-0.2, -0.15) is 0 Å². The van der Waals surface area contributed by atoms with Crippen LogP contribution in [0.2, 0.25) is 0 Å². The Morgan fingerprint density at radius 2 is 2.08 bits per heavy atom. The lowest BCUT2D eigenvalue weighted by Gasteiger charge is -2.32. The maximum Gasteiger partial charge on any atom is 0.317 e. The van der Waals surface area contributed by atoms with Crippen molar-refractivity contribution in [3.63, 3.8) is 0 Å². The van der Waals surface area contributed by atoms with E-state index in [-0.39, 0.29) is 6.03 Å². The lowest BCUT2D eigenvalue weighted by molar-refractivity contribution is 0.00694. The Morgan fingerprint density at radius 1 is 1.33 bits per heavy atom. The first kappa shape index (κ1) is 17.6. The van der Waals surface area contributed by atoms with Crippen molar-refractivity contribution in [1.82, 2.24) is 20.1 Å². The van der Waals surface area contributed by atoms with Gasteiger partial charge in [-0.3, -0.25) is 0 Å². The monoisotopic (exact) mass is 352 g/mol. The molecule has 2 amide bonds. The highest BCUT2D eigenvalue weighted by atomic mass is 32.1. The smallest absolute Gasteiger partial charge is 0.317 e. The molecule has 1 aromatic rings. The Kier molecular flexibility index (Phi) is 6.45. The van der Waals surface area contributed by atoms with Crippen molar-refractivity contribution in [2.45, 2.75) is 45.3 Å². The molecule has 7 heteroatoms. The number of amides is 2. The third-order valence-electron chi connectivity index (χ3n) is 4.77. The van der Waals surface area contributed by atoms with E-state index in [4.69, 9.17) is 4.74 Å². The molecule has 1 N–H and O–H groups in total. The number of carbonyl (C=O) groups excluding carboxylic acids is 1. The summed E-state index contributed by atoms with van der Waals surface area (Å²) in [7, 11) is 0. The van der Waals surface area contributed by atoms with Crippen LogP contribution in [0, 0.1) is 6.92 Å². The van der Waals surface area contributed by atoms with Gasteiger partial charge in [0.2, 0.25) is 0 Å². The molecule has 3 rings (SSSR count). The molecule has 0 unspecified atom stereocenters. The fourth-order valence-electron chi connectivity index (χ4n) is 3.34. The number of aromatic nitrogens is 1. The number of ether oxygens (including phenoxy) is 1. The number of aryl methyl sites for hydroxylation is 1. The predicted molar refractivity (Wildman–Crippen MR) is 95.3 cm³/mol. The molecular weight excluding hydrogens is 324 g/mol. The van der Waals surface area contributed by atoms with Gasteiger partial charge in [-0.25, -0.2) is 9.78 Å². The van der Waals surface area contributed by atoms with E-state index in [9.17, 15) is 4.79 Å². The van der Waals surface area contributed by atoms with Gasteiger partial charge in [0, 0.05) is 30.7 Å². The first-order valence-corrected chi connectivity index (χ1v) is 9.80. The average Bonchev–Trinajstić information content (AvgIpc) is 3.25. The lowest BCUT2D eigenvalue weighted by Crippen LogP contribution is -2.45. The van der Waals surface area contributed by atoms with Crippen LogP contribution in [0.5, 0.6) is 0 Å². The van der Waals surface area contributed by atoms with E-state index in [0.29, 0.717) is 12.6 Å². The van der Waals surface area contributed by atoms with E-state index < -0.39 is 0 Å². The minimum atomic E-state index is 0.0246. The molecule has 2 fully saturated rings. The Labute approximate surface area is 148 Å². The van der Waals surface area contributed by atoms with Gasteiger partial charge < -0.3 is 19.9 Å². The van der Waals surface area contributed by atoms with E-state index in [1.54, 1.807) is 11.3 Å². The molecule has 0 aliphatic carbocycles. The number of nitrogens with zero attached hydrogens (tertiary/aromatic N) is 3. The summed E-state index contributed by atoms with van der Waals surface area (Å²) in [5.74, 6) is 0. The largest absolute Gasteiger partial charge is 0.377 e. The van der Waals surface area contributed by atoms with Gasteiger partial charge in [-0.05, 0) is 45.7 Å². The van der Waals surface area contributed by atoms with Crippen molar-refractivity contribution in [2.75, 3.05) is 39.3 Å². The number of hydrogen-bond donors (Lipinski definition) is 1. The van der Waals surface area contributed by atoms with Crippen LogP contribution in [0.25, 0.3) is 0 Å². The zero-order valence-electron chi connectivity index (χ0n) is 14.5. The van der Waals surface area contributed by atoms with Gasteiger partial charge in [-0.15, -0.1) is 11.3 Å². The van der Waals surface area contributed by atoms with E-state index in [1.807, 2.05) is 18.0 Å². The molecular formula is C17H28N4O2S. The van der Waals surface area contributed by atoms with E-state index in [1.165, 1.54) is 25.9 Å². The van der Waals surface area contributed by atoms with Crippen LogP contribution in [0.4, 0.5) is 4.79 Å². The van der Waals surface area contributed by atoms with E-state index in [2.05, 4.69) is 15.2 Å². The van der Waals surface area contributed by atoms with Crippen molar-refractivity contribution in [1.29, 1.82) is 0 Å². The Morgan fingerprint density at radius 3 is 2.75 bits per heavy atom. The first-order chi connectivity index (χ1) is 11.7. The molecule has 2 saturated heterocycles. The summed E-state index contributed by atoms with van der Waals surface area (Å²) in [4.78, 5) is 21.9. The molecule has 1 aromatic heterocycles. The van der Waals surface area contributed by atoms with Gasteiger partial charge in [-0.1, -0.05) is 0 Å². The molecule has 24 heavy (non-hydrogen) atoms. The summed E-state index contributed by atoms with van der Waals surface area (Å²) in [6.07, 6.45) is 6.67.